The molecule has 0 bridgehead atoms. The molecule has 28 heavy (non-hydrogen) atoms. The molecule has 0 saturated carbocycles. The van der Waals surface area contributed by atoms with E-state index >= 15 is 0 Å². The van der Waals surface area contributed by atoms with E-state index in [1.54, 1.807) is 12.1 Å². The number of carboxylic acids is 1. The molecule has 0 fully saturated rings. The number of carbonyl (C=O) groups is 1. The van der Waals surface area contributed by atoms with Crippen molar-refractivity contribution in [2.24, 2.45) is 0 Å². The summed E-state index contributed by atoms with van der Waals surface area (Å²) in [6, 6.07) is 14.8. The molecule has 0 aliphatic carbocycles. The average molecular weight is 385 g/mol. The van der Waals surface area contributed by atoms with Crippen LogP contribution in [0.5, 0.6) is 0 Å². The molecule has 5 heteroatoms. The molecule has 3 aromatic rings. The Bertz CT molecular complexity index is 945. The van der Waals surface area contributed by atoms with Gasteiger partial charge in [-0.05, 0) is 24.8 Å². The van der Waals surface area contributed by atoms with E-state index in [0.29, 0.717) is 11.0 Å². The molecule has 0 amide bonds. The number of para-hydroxylation sites is 1. The van der Waals surface area contributed by atoms with Gasteiger partial charge in [0.1, 0.15) is 5.58 Å². The Balaban J connectivity index is 2.13. The monoisotopic (exact) mass is 385 g/mol. The summed E-state index contributed by atoms with van der Waals surface area (Å²) in [5, 5.41) is 9.61. The first-order valence-corrected chi connectivity index (χ1v) is 9.45. The molecule has 3 rings (SSSR count). The molecule has 0 atom stereocenters. The molecule has 1 heterocycles. The number of carboxylic acid groups (broad SMARTS) is 1. The Hall–Kier alpha value is -2.69. The summed E-state index contributed by atoms with van der Waals surface area (Å²) in [7, 11) is 0. The van der Waals surface area contributed by atoms with E-state index < -0.39 is 17.7 Å². The van der Waals surface area contributed by atoms with Crippen LogP contribution in [0.3, 0.4) is 0 Å². The summed E-state index contributed by atoms with van der Waals surface area (Å²) < 4.78 is 35.7. The van der Waals surface area contributed by atoms with Crippen molar-refractivity contribution in [1.29, 1.82) is 0 Å². The number of furan rings is 1. The zero-order valence-corrected chi connectivity index (χ0v) is 15.8. The Morgan fingerprint density at radius 2 is 1.89 bits per heavy atom. The topological polar surface area (TPSA) is 50.4 Å². The fourth-order valence-corrected chi connectivity index (χ4v) is 3.39. The third-order valence-electron chi connectivity index (χ3n) is 4.78. The van der Waals surface area contributed by atoms with Crippen LogP contribution in [-0.2, 0) is 17.1 Å². The predicted octanol–water partition coefficient (Wildman–Crippen LogP) is 6.60. The lowest BCUT2D eigenvalue weighted by Crippen LogP contribution is -2.15. The van der Waals surface area contributed by atoms with Gasteiger partial charge in [0.05, 0.1) is 0 Å². The first kappa shape index (κ1) is 20.1. The summed E-state index contributed by atoms with van der Waals surface area (Å²) in [5.41, 5.74) is 2.25. The van der Waals surface area contributed by atoms with Crippen LogP contribution in [-0.4, -0.2) is 11.1 Å². The molecule has 0 saturated heterocycles. The number of hydrogen-bond donors (Lipinski definition) is 1. The molecule has 1 radical (unpaired) electrons. The number of unbranched alkanes of at least 4 members (excludes halogenated alkanes) is 2. The lowest BCUT2D eigenvalue weighted by molar-refractivity contribution is -0.137. The molecule has 0 aliphatic rings. The minimum Gasteiger partial charge on any atom is -0.481 e. The zero-order valence-electron chi connectivity index (χ0n) is 15.8. The normalized spacial score (nSPS) is 11.8. The van der Waals surface area contributed by atoms with Crippen LogP contribution in [0.4, 0.5) is 8.78 Å². The lowest BCUT2D eigenvalue weighted by Gasteiger charge is -2.15. The van der Waals surface area contributed by atoms with Crippen LogP contribution in [0.1, 0.15) is 43.9 Å². The van der Waals surface area contributed by atoms with Gasteiger partial charge < -0.3 is 9.52 Å². The quantitative estimate of drug-likeness (QED) is 0.422. The Kier molecular flexibility index (Phi) is 6.12. The van der Waals surface area contributed by atoms with E-state index in [1.165, 1.54) is 0 Å². The minimum absolute atomic E-state index is 0.00297. The summed E-state index contributed by atoms with van der Waals surface area (Å²) in [5.74, 6) is -4.59. The van der Waals surface area contributed by atoms with Crippen LogP contribution in [0.2, 0.25) is 0 Å². The van der Waals surface area contributed by atoms with Gasteiger partial charge in [0.15, 0.2) is 5.76 Å². The van der Waals surface area contributed by atoms with Gasteiger partial charge in [-0.25, -0.2) is 0 Å². The third kappa shape index (κ3) is 4.24. The van der Waals surface area contributed by atoms with Gasteiger partial charge in [-0.2, -0.15) is 8.78 Å². The van der Waals surface area contributed by atoms with Gasteiger partial charge in [0.25, 0.3) is 0 Å². The second kappa shape index (κ2) is 8.55. The van der Waals surface area contributed by atoms with Crippen LogP contribution in [0, 0.1) is 6.42 Å². The average Bonchev–Trinajstić information content (AvgIpc) is 3.07. The Morgan fingerprint density at radius 1 is 1.14 bits per heavy atom. The fraction of sp³-hybridized carbons (Fsp3) is 0.304. The summed E-state index contributed by atoms with van der Waals surface area (Å²) in [6.07, 6.45) is 2.21. The van der Waals surface area contributed by atoms with Gasteiger partial charge in [-0.15, -0.1) is 0 Å². The van der Waals surface area contributed by atoms with Gasteiger partial charge in [-0.3, -0.25) is 4.79 Å². The van der Waals surface area contributed by atoms with Crippen LogP contribution in [0.15, 0.2) is 52.9 Å². The maximum absolute atomic E-state index is 15.0. The highest BCUT2D eigenvalue weighted by atomic mass is 19.3. The van der Waals surface area contributed by atoms with Crippen molar-refractivity contribution in [3.05, 3.63) is 66.3 Å². The highest BCUT2D eigenvalue weighted by Gasteiger charge is 2.38. The molecular weight excluding hydrogens is 362 g/mol. The first-order chi connectivity index (χ1) is 13.4. The van der Waals surface area contributed by atoms with E-state index in [2.05, 4.69) is 0 Å². The first-order valence-electron chi connectivity index (χ1n) is 9.45. The second-order valence-electron chi connectivity index (χ2n) is 6.79. The summed E-state index contributed by atoms with van der Waals surface area (Å²) in [4.78, 5) is 11.1. The minimum atomic E-state index is -3.16. The molecule has 147 valence electrons. The van der Waals surface area contributed by atoms with Crippen molar-refractivity contribution in [3.8, 4) is 11.1 Å². The number of fused-ring (bicyclic) bond motifs is 1. The predicted molar refractivity (Wildman–Crippen MR) is 105 cm³/mol. The number of halogens is 2. The number of alkyl halides is 2. The summed E-state index contributed by atoms with van der Waals surface area (Å²) in [6.45, 7) is 1.91. The smallest absolute Gasteiger partial charge is 0.305 e. The van der Waals surface area contributed by atoms with E-state index in [0.717, 1.165) is 17.5 Å². The number of rotatable bonds is 9. The number of benzene rings is 2. The van der Waals surface area contributed by atoms with Gasteiger partial charge in [0.2, 0.25) is 0 Å². The zero-order chi connectivity index (χ0) is 20.1. The Labute approximate surface area is 163 Å². The maximum Gasteiger partial charge on any atom is 0.305 e. The largest absolute Gasteiger partial charge is 0.481 e. The Morgan fingerprint density at radius 3 is 2.57 bits per heavy atom. The molecule has 1 aromatic heterocycles. The van der Waals surface area contributed by atoms with Crippen molar-refractivity contribution in [2.45, 2.75) is 45.0 Å². The molecule has 0 aliphatic heterocycles. The standard InChI is InChI=1S/C23H23F2O3/c1-2-3-7-15-23(24,25)22-19(13-14-20(26)27)18-12-8-11-17(21(18)28-22)16-9-5-4-6-10-16/h3-6,8-12H,2,7,13-15H2,1H3,(H,26,27). The maximum atomic E-state index is 15.0. The lowest BCUT2D eigenvalue weighted by atomic mass is 9.97. The van der Waals surface area contributed by atoms with Gasteiger partial charge >= 0.3 is 11.9 Å². The number of aliphatic carboxylic acids is 1. The van der Waals surface area contributed by atoms with Gasteiger partial charge in [0, 0.05) is 29.4 Å². The molecule has 3 nitrogen and oxygen atoms in total. The van der Waals surface area contributed by atoms with E-state index in [-0.39, 0.29) is 31.2 Å². The highest BCUT2D eigenvalue weighted by Crippen LogP contribution is 2.43. The van der Waals surface area contributed by atoms with Crippen LogP contribution < -0.4 is 0 Å². The molecule has 0 spiro atoms. The van der Waals surface area contributed by atoms with Crippen molar-refractivity contribution < 1.29 is 23.1 Å². The highest BCUT2D eigenvalue weighted by molar-refractivity contribution is 5.95. The number of hydrogen-bond acceptors (Lipinski definition) is 2. The van der Waals surface area contributed by atoms with Crippen LogP contribution in [0.25, 0.3) is 22.1 Å². The van der Waals surface area contributed by atoms with Crippen molar-refractivity contribution >= 4 is 16.9 Å². The number of aryl methyl sites for hydroxylation is 1. The van der Waals surface area contributed by atoms with Gasteiger partial charge in [-0.1, -0.05) is 61.9 Å². The fourth-order valence-electron chi connectivity index (χ4n) is 3.39. The third-order valence-corrected chi connectivity index (χ3v) is 4.78. The van der Waals surface area contributed by atoms with Crippen molar-refractivity contribution in [1.82, 2.24) is 0 Å². The SMILES string of the molecule is CC[CH]CCC(F)(F)c1oc2c(-c3ccccc3)cccc2c1CCC(=O)O. The molecule has 0 unspecified atom stereocenters. The van der Waals surface area contributed by atoms with Crippen LogP contribution >= 0.6 is 0 Å². The molecule has 2 aromatic carbocycles. The molecular formula is C23H23F2O3. The second-order valence-corrected chi connectivity index (χ2v) is 6.79. The van der Waals surface area contributed by atoms with Crippen molar-refractivity contribution in [3.63, 3.8) is 0 Å². The summed E-state index contributed by atoms with van der Waals surface area (Å²) >= 11 is 0. The molecule has 1 N–H and O–H groups in total. The van der Waals surface area contributed by atoms with E-state index in [4.69, 9.17) is 9.52 Å². The van der Waals surface area contributed by atoms with E-state index in [9.17, 15) is 13.6 Å². The van der Waals surface area contributed by atoms with Crippen molar-refractivity contribution in [2.75, 3.05) is 0 Å². The van der Waals surface area contributed by atoms with E-state index in [1.807, 2.05) is 49.7 Å².